The average molecular weight is 257 g/mol. The highest BCUT2D eigenvalue weighted by molar-refractivity contribution is 5.87. The third kappa shape index (κ3) is 2.42. The summed E-state index contributed by atoms with van der Waals surface area (Å²) in [6.45, 7) is 0.922. The molecule has 1 unspecified atom stereocenters. The molecular weight excluding hydrogens is 242 g/mol. The molecule has 0 bridgehead atoms. The van der Waals surface area contributed by atoms with Gasteiger partial charge in [-0.3, -0.25) is 9.59 Å². The van der Waals surface area contributed by atoms with Crippen molar-refractivity contribution in [1.29, 1.82) is 0 Å². The molecule has 0 spiro atoms. The molecule has 5 nitrogen and oxygen atoms in total. The molecule has 2 aromatic rings. The smallest absolute Gasteiger partial charge is 0.258 e. The van der Waals surface area contributed by atoms with Crippen LogP contribution in [-0.2, 0) is 11.2 Å². The van der Waals surface area contributed by atoms with E-state index < -0.39 is 0 Å². The normalized spacial score (nSPS) is 18.8. The second-order valence-corrected chi connectivity index (χ2v) is 4.88. The number of benzene rings is 1. The molecule has 0 amide bonds. The van der Waals surface area contributed by atoms with Crippen LogP contribution >= 0.6 is 0 Å². The predicted octanol–water partition coefficient (Wildman–Crippen LogP) is 0.787. The van der Waals surface area contributed by atoms with Gasteiger partial charge in [0.05, 0.1) is 23.3 Å². The summed E-state index contributed by atoms with van der Waals surface area (Å²) in [4.78, 5) is 30.3. The number of aromatic amines is 1. The van der Waals surface area contributed by atoms with E-state index in [0.717, 1.165) is 24.9 Å². The number of rotatable bonds is 3. The van der Waals surface area contributed by atoms with Crippen molar-refractivity contribution in [2.24, 2.45) is 0 Å². The minimum absolute atomic E-state index is 0.0113. The van der Waals surface area contributed by atoms with Gasteiger partial charge >= 0.3 is 0 Å². The lowest BCUT2D eigenvalue weighted by Crippen LogP contribution is -2.31. The number of hydrogen-bond acceptors (Lipinski definition) is 4. The molecule has 98 valence electrons. The average Bonchev–Trinajstić information content (AvgIpc) is 2.93. The first-order chi connectivity index (χ1) is 9.24. The van der Waals surface area contributed by atoms with Crippen LogP contribution in [0.5, 0.6) is 0 Å². The quantitative estimate of drug-likeness (QED) is 0.852. The Hall–Kier alpha value is -2.01. The van der Waals surface area contributed by atoms with Gasteiger partial charge in [-0.1, -0.05) is 6.07 Å². The molecule has 1 aromatic carbocycles. The van der Waals surface area contributed by atoms with Crippen molar-refractivity contribution in [3.05, 3.63) is 40.4 Å². The van der Waals surface area contributed by atoms with Gasteiger partial charge in [-0.15, -0.1) is 0 Å². The first kappa shape index (κ1) is 12.0. The Bertz CT molecular complexity index is 672. The summed E-state index contributed by atoms with van der Waals surface area (Å²) >= 11 is 0. The van der Waals surface area contributed by atoms with Gasteiger partial charge in [0.2, 0.25) is 0 Å². The number of fused-ring (bicyclic) bond motifs is 1. The van der Waals surface area contributed by atoms with E-state index in [0.29, 0.717) is 17.3 Å². The molecule has 1 aliphatic rings. The number of H-pyrrole nitrogens is 1. The van der Waals surface area contributed by atoms with E-state index >= 15 is 0 Å². The fraction of sp³-hybridized carbons (Fsp3) is 0.357. The second-order valence-electron chi connectivity index (χ2n) is 4.88. The van der Waals surface area contributed by atoms with Crippen molar-refractivity contribution in [2.45, 2.75) is 25.3 Å². The highest BCUT2D eigenvalue weighted by Gasteiger charge is 2.21. The van der Waals surface area contributed by atoms with Crippen LogP contribution < -0.4 is 10.9 Å². The maximum absolute atomic E-state index is 12.1. The Morgan fingerprint density at radius 3 is 3.11 bits per heavy atom. The zero-order valence-corrected chi connectivity index (χ0v) is 10.5. The topological polar surface area (TPSA) is 74.8 Å². The van der Waals surface area contributed by atoms with Gasteiger partial charge in [-0.05, 0) is 37.1 Å². The van der Waals surface area contributed by atoms with Crippen molar-refractivity contribution in [1.82, 2.24) is 15.3 Å². The van der Waals surface area contributed by atoms with E-state index in [1.165, 1.54) is 6.33 Å². The van der Waals surface area contributed by atoms with Gasteiger partial charge in [0, 0.05) is 6.42 Å². The van der Waals surface area contributed by atoms with E-state index in [-0.39, 0.29) is 17.4 Å². The summed E-state index contributed by atoms with van der Waals surface area (Å²) in [5, 5.41) is 3.76. The minimum atomic E-state index is -0.152. The van der Waals surface area contributed by atoms with Crippen LogP contribution in [0.15, 0.2) is 29.3 Å². The molecule has 0 saturated carbocycles. The molecule has 1 aliphatic heterocycles. The number of carbonyl (C=O) groups is 1. The van der Waals surface area contributed by atoms with E-state index in [1.807, 2.05) is 12.1 Å². The van der Waals surface area contributed by atoms with Crippen molar-refractivity contribution in [3.8, 4) is 0 Å². The van der Waals surface area contributed by atoms with Gasteiger partial charge < -0.3 is 10.3 Å². The van der Waals surface area contributed by atoms with Crippen LogP contribution in [-0.4, -0.2) is 28.3 Å². The van der Waals surface area contributed by atoms with Crippen LogP contribution in [0.4, 0.5) is 0 Å². The first-order valence-corrected chi connectivity index (χ1v) is 6.46. The highest BCUT2D eigenvalue weighted by atomic mass is 16.1. The lowest BCUT2D eigenvalue weighted by Gasteiger charge is -2.09. The van der Waals surface area contributed by atoms with Gasteiger partial charge in [-0.2, -0.15) is 0 Å². The van der Waals surface area contributed by atoms with Crippen molar-refractivity contribution >= 4 is 16.7 Å². The van der Waals surface area contributed by atoms with E-state index in [1.54, 1.807) is 6.07 Å². The summed E-state index contributed by atoms with van der Waals surface area (Å²) in [6.07, 6.45) is 3.76. The first-order valence-electron chi connectivity index (χ1n) is 6.46. The van der Waals surface area contributed by atoms with Gasteiger partial charge in [0.15, 0.2) is 5.78 Å². The van der Waals surface area contributed by atoms with E-state index in [4.69, 9.17) is 0 Å². The van der Waals surface area contributed by atoms with Crippen LogP contribution in [0, 0.1) is 0 Å². The molecule has 0 aliphatic carbocycles. The molecule has 1 fully saturated rings. The van der Waals surface area contributed by atoms with Gasteiger partial charge in [0.25, 0.3) is 5.56 Å². The number of hydrogen-bond donors (Lipinski definition) is 2. The predicted molar refractivity (Wildman–Crippen MR) is 72.1 cm³/mol. The number of carbonyl (C=O) groups excluding carboxylic acids is 1. The number of ketones is 1. The molecule has 1 aromatic heterocycles. The minimum Gasteiger partial charge on any atom is -0.313 e. The van der Waals surface area contributed by atoms with Gasteiger partial charge in [-0.25, -0.2) is 4.98 Å². The third-order valence-electron chi connectivity index (χ3n) is 3.53. The van der Waals surface area contributed by atoms with Crippen molar-refractivity contribution in [3.63, 3.8) is 0 Å². The number of nitrogens with one attached hydrogen (secondary N) is 2. The number of aromatic nitrogens is 2. The fourth-order valence-electron chi connectivity index (χ4n) is 2.51. The number of nitrogens with zero attached hydrogens (tertiary/aromatic N) is 1. The maximum Gasteiger partial charge on any atom is 0.258 e. The molecule has 0 radical (unpaired) electrons. The van der Waals surface area contributed by atoms with Crippen LogP contribution in [0.1, 0.15) is 18.4 Å². The van der Waals surface area contributed by atoms with Crippen LogP contribution in [0.25, 0.3) is 10.9 Å². The Morgan fingerprint density at radius 2 is 2.32 bits per heavy atom. The van der Waals surface area contributed by atoms with Crippen LogP contribution in [0.2, 0.25) is 0 Å². The largest absolute Gasteiger partial charge is 0.313 e. The maximum atomic E-state index is 12.1. The Kier molecular flexibility index (Phi) is 3.13. The van der Waals surface area contributed by atoms with Crippen molar-refractivity contribution < 1.29 is 4.79 Å². The molecule has 3 rings (SSSR count). The zero-order chi connectivity index (χ0) is 13.2. The lowest BCUT2D eigenvalue weighted by molar-refractivity contribution is -0.120. The molecule has 19 heavy (non-hydrogen) atoms. The SMILES string of the molecule is O=C(Cc1ccc2c(=O)[nH]cnc2c1)C1CCCN1. The summed E-state index contributed by atoms with van der Waals surface area (Å²) in [6, 6.07) is 5.36. The molecule has 2 heterocycles. The third-order valence-corrected chi connectivity index (χ3v) is 3.53. The van der Waals surface area contributed by atoms with Crippen molar-refractivity contribution in [2.75, 3.05) is 6.54 Å². The standard InChI is InChI=1S/C14H15N3O2/c18-13(11-2-1-5-15-11)7-9-3-4-10-12(6-9)16-8-17-14(10)19/h3-4,6,8,11,15H,1-2,5,7H2,(H,16,17,19). The Morgan fingerprint density at radius 1 is 1.42 bits per heavy atom. The molecule has 5 heteroatoms. The molecular formula is C14H15N3O2. The summed E-state index contributed by atoms with van der Waals surface area (Å²) in [5.41, 5.74) is 1.39. The zero-order valence-electron chi connectivity index (χ0n) is 10.5. The number of Topliss-reactive ketones (excluding diaryl/α,β-unsaturated/α-hetero) is 1. The van der Waals surface area contributed by atoms with E-state index in [9.17, 15) is 9.59 Å². The second kappa shape index (κ2) is 4.93. The monoisotopic (exact) mass is 257 g/mol. The molecule has 1 atom stereocenters. The fourth-order valence-corrected chi connectivity index (χ4v) is 2.51. The lowest BCUT2D eigenvalue weighted by atomic mass is 10.0. The summed E-state index contributed by atoms with van der Waals surface area (Å²) in [7, 11) is 0. The molecule has 2 N–H and O–H groups in total. The van der Waals surface area contributed by atoms with E-state index in [2.05, 4.69) is 15.3 Å². The summed E-state index contributed by atoms with van der Waals surface area (Å²) in [5.74, 6) is 0.210. The molecule has 1 saturated heterocycles. The highest BCUT2D eigenvalue weighted by Crippen LogP contribution is 2.13. The van der Waals surface area contributed by atoms with Crippen LogP contribution in [0.3, 0.4) is 0 Å². The Balaban J connectivity index is 1.85. The summed E-state index contributed by atoms with van der Waals surface area (Å²) < 4.78 is 0. The Labute approximate surface area is 110 Å². The van der Waals surface area contributed by atoms with Gasteiger partial charge in [0.1, 0.15) is 0 Å².